The molecule has 0 bridgehead atoms. The van der Waals surface area contributed by atoms with E-state index in [2.05, 4.69) is 15.4 Å². The van der Waals surface area contributed by atoms with Gasteiger partial charge in [0.15, 0.2) is 0 Å². The maximum absolute atomic E-state index is 13.8. The highest BCUT2D eigenvalue weighted by Gasteiger charge is 2.44. The Kier molecular flexibility index (Phi) is 12.9. The van der Waals surface area contributed by atoms with E-state index < -0.39 is 17.7 Å². The number of piperidine rings is 1. The van der Waals surface area contributed by atoms with Crippen molar-refractivity contribution in [2.45, 2.75) is 112 Å². The molecule has 2 fully saturated rings. The number of nitrogens with one attached hydrogen (secondary N) is 1. The Bertz CT molecular complexity index is 1020. The molecule has 1 unspecified atom stereocenters. The van der Waals surface area contributed by atoms with E-state index in [9.17, 15) is 9.59 Å². The van der Waals surface area contributed by atoms with Gasteiger partial charge in [0.25, 0.3) is 0 Å². The van der Waals surface area contributed by atoms with Gasteiger partial charge in [0.2, 0.25) is 5.91 Å². The first-order valence-corrected chi connectivity index (χ1v) is 14.9. The minimum absolute atomic E-state index is 0. The fourth-order valence-corrected chi connectivity index (χ4v) is 6.07. The zero-order valence-electron chi connectivity index (χ0n) is 24.3. The van der Waals surface area contributed by atoms with Gasteiger partial charge in [-0.2, -0.15) is 5.10 Å². The quantitative estimate of drug-likeness (QED) is 0.387. The number of ether oxygens (including phenoxy) is 1. The van der Waals surface area contributed by atoms with E-state index in [1.54, 1.807) is 24.8 Å². The Labute approximate surface area is 246 Å². The second kappa shape index (κ2) is 15.4. The summed E-state index contributed by atoms with van der Waals surface area (Å²) in [6.45, 7) is 11.6. The van der Waals surface area contributed by atoms with Crippen molar-refractivity contribution in [2.75, 3.05) is 13.1 Å². The number of hydrogen-bond acceptors (Lipinski definition) is 5. The fourth-order valence-electron chi connectivity index (χ4n) is 5.95. The summed E-state index contributed by atoms with van der Waals surface area (Å²) >= 11 is 6.06. The molecule has 0 spiro atoms. The maximum atomic E-state index is 13.8. The van der Waals surface area contributed by atoms with Gasteiger partial charge in [-0.25, -0.2) is 9.78 Å². The minimum Gasteiger partial charge on any atom is -0.444 e. The molecule has 1 aromatic heterocycles. The summed E-state index contributed by atoms with van der Waals surface area (Å²) in [7, 11) is 0. The normalized spacial score (nSPS) is 18.0. The van der Waals surface area contributed by atoms with Crippen molar-refractivity contribution in [1.29, 1.82) is 0 Å². The number of carbonyl (C=O) groups is 2. The van der Waals surface area contributed by atoms with Crippen molar-refractivity contribution in [3.63, 3.8) is 0 Å². The largest absolute Gasteiger partial charge is 0.444 e. The van der Waals surface area contributed by atoms with Gasteiger partial charge in [-0.3, -0.25) is 9.48 Å². The van der Waals surface area contributed by atoms with Crippen LogP contribution in [0.3, 0.4) is 0 Å². The molecule has 1 aliphatic carbocycles. The molecule has 2 aromatic rings. The lowest BCUT2D eigenvalue weighted by molar-refractivity contribution is -0.137. The first-order valence-electron chi connectivity index (χ1n) is 14.5. The van der Waals surface area contributed by atoms with Gasteiger partial charge in [-0.1, -0.05) is 64.3 Å². The minimum atomic E-state index is -0.714. The van der Waals surface area contributed by atoms with Crippen LogP contribution in [0.5, 0.6) is 0 Å². The third kappa shape index (κ3) is 9.50. The molecule has 1 saturated carbocycles. The smallest absolute Gasteiger partial charge is 0.408 e. The van der Waals surface area contributed by atoms with Crippen LogP contribution in [0, 0.1) is 11.3 Å². The van der Waals surface area contributed by atoms with E-state index in [-0.39, 0.29) is 18.7 Å². The molecule has 4 rings (SSSR count). The molecule has 2 aliphatic rings. The number of hydrogen-bond donors (Lipinski definition) is 1. The Morgan fingerprint density at radius 3 is 2.27 bits per heavy atom. The van der Waals surface area contributed by atoms with Crippen LogP contribution in [0.2, 0.25) is 5.02 Å². The number of carbonyl (C=O) groups excluding carboxylic acids is 2. The van der Waals surface area contributed by atoms with Gasteiger partial charge in [0.05, 0.1) is 0 Å². The van der Waals surface area contributed by atoms with Gasteiger partial charge in [-0.15, -0.1) is 0 Å². The van der Waals surface area contributed by atoms with Crippen LogP contribution in [0.15, 0.2) is 36.9 Å². The monoisotopic (exact) mass is 575 g/mol. The average molecular weight is 576 g/mol. The van der Waals surface area contributed by atoms with Crippen LogP contribution in [0.1, 0.15) is 92.6 Å². The number of nitrogens with zero attached hydrogens (tertiary/aromatic N) is 4. The van der Waals surface area contributed by atoms with Gasteiger partial charge < -0.3 is 15.0 Å². The molecule has 2 amide bonds. The van der Waals surface area contributed by atoms with Crippen LogP contribution in [-0.2, 0) is 22.5 Å². The summed E-state index contributed by atoms with van der Waals surface area (Å²) in [5.74, 6) is 0.561. The third-order valence-electron chi connectivity index (χ3n) is 7.83. The van der Waals surface area contributed by atoms with Crippen LogP contribution in [-0.4, -0.2) is 56.4 Å². The summed E-state index contributed by atoms with van der Waals surface area (Å²) in [6.07, 6.45) is 11.4. The molecule has 40 heavy (non-hydrogen) atoms. The Hall–Kier alpha value is -2.61. The summed E-state index contributed by atoms with van der Waals surface area (Å²) in [5.41, 5.74) is 0.387. The molecule has 1 aliphatic heterocycles. The summed E-state index contributed by atoms with van der Waals surface area (Å²) < 4.78 is 7.43. The van der Waals surface area contributed by atoms with E-state index in [1.165, 1.54) is 32.1 Å². The van der Waals surface area contributed by atoms with Gasteiger partial charge in [0.1, 0.15) is 24.3 Å². The standard InChI is InChI=1S/C28H40ClN5O3.C2H6.CH4/c1-27(2,3)37-26(36)32-24(17-21-9-11-23(29)12-10-21)25(35)33-15-13-28(14-16-33,18-34-20-30-19-31-34)22-7-5-4-6-8-22;1-2;/h9-12,19-20,22,24H,4-8,13-18H2,1-3H3,(H,32,36);1-2H3;1H4. The molecule has 9 heteroatoms. The van der Waals surface area contributed by atoms with E-state index in [0.717, 1.165) is 24.9 Å². The van der Waals surface area contributed by atoms with E-state index in [1.807, 2.05) is 56.3 Å². The number of rotatable bonds is 7. The molecule has 8 nitrogen and oxygen atoms in total. The van der Waals surface area contributed by atoms with Crippen molar-refractivity contribution in [1.82, 2.24) is 25.0 Å². The second-order valence-corrected chi connectivity index (χ2v) is 12.1. The van der Waals surface area contributed by atoms with Gasteiger partial charge in [0, 0.05) is 31.1 Å². The van der Waals surface area contributed by atoms with E-state index in [4.69, 9.17) is 16.3 Å². The van der Waals surface area contributed by atoms with Gasteiger partial charge >= 0.3 is 6.09 Å². The summed E-state index contributed by atoms with van der Waals surface area (Å²) in [4.78, 5) is 32.5. The Morgan fingerprint density at radius 1 is 1.10 bits per heavy atom. The first-order chi connectivity index (χ1) is 18.6. The van der Waals surface area contributed by atoms with E-state index in [0.29, 0.717) is 30.5 Å². The van der Waals surface area contributed by atoms with Crippen molar-refractivity contribution in [2.24, 2.45) is 11.3 Å². The Morgan fingerprint density at radius 2 is 1.73 bits per heavy atom. The molecule has 1 atom stereocenters. The first kappa shape index (κ1) is 33.6. The van der Waals surface area contributed by atoms with Crippen molar-refractivity contribution < 1.29 is 14.3 Å². The number of aromatic nitrogens is 3. The number of benzene rings is 1. The number of halogens is 1. The summed E-state index contributed by atoms with van der Waals surface area (Å²) in [5, 5.41) is 7.88. The van der Waals surface area contributed by atoms with E-state index >= 15 is 0 Å². The number of amides is 2. The maximum Gasteiger partial charge on any atom is 0.408 e. The zero-order valence-corrected chi connectivity index (χ0v) is 25.0. The van der Waals surface area contributed by atoms with Crippen LogP contribution in [0.4, 0.5) is 4.79 Å². The fraction of sp³-hybridized carbons (Fsp3) is 0.677. The number of likely N-dealkylation sites (tertiary alicyclic amines) is 1. The topological polar surface area (TPSA) is 89.4 Å². The van der Waals surface area contributed by atoms with Crippen LogP contribution < -0.4 is 5.32 Å². The number of alkyl carbamates (subject to hydrolysis) is 1. The van der Waals surface area contributed by atoms with Crippen LogP contribution >= 0.6 is 11.6 Å². The molecule has 2 heterocycles. The van der Waals surface area contributed by atoms with Crippen molar-refractivity contribution in [3.8, 4) is 0 Å². The van der Waals surface area contributed by atoms with Gasteiger partial charge in [-0.05, 0) is 75.5 Å². The second-order valence-electron chi connectivity index (χ2n) is 11.6. The summed E-state index contributed by atoms with van der Waals surface area (Å²) in [6, 6.07) is 6.67. The lowest BCUT2D eigenvalue weighted by Crippen LogP contribution is -2.55. The molecule has 224 valence electrons. The highest BCUT2D eigenvalue weighted by atomic mass is 35.5. The SMILES string of the molecule is C.CC.CC(C)(C)OC(=O)NC(Cc1ccc(Cl)cc1)C(=O)N1CCC(Cn2cncn2)(C2CCCCC2)CC1. The molecule has 1 N–H and O–H groups in total. The predicted octanol–water partition coefficient (Wildman–Crippen LogP) is 6.92. The van der Waals surface area contributed by atoms with Crippen molar-refractivity contribution in [3.05, 3.63) is 47.5 Å². The van der Waals surface area contributed by atoms with Crippen LogP contribution in [0.25, 0.3) is 0 Å². The zero-order chi connectivity index (χ0) is 28.5. The average Bonchev–Trinajstić information content (AvgIpc) is 3.43. The highest BCUT2D eigenvalue weighted by molar-refractivity contribution is 6.30. The molecule has 0 radical (unpaired) electrons. The molecule has 1 aromatic carbocycles. The molecular weight excluding hydrogens is 526 g/mol. The third-order valence-corrected chi connectivity index (χ3v) is 8.08. The Balaban J connectivity index is 0.00000183. The lowest BCUT2D eigenvalue weighted by atomic mass is 9.63. The predicted molar refractivity (Wildman–Crippen MR) is 161 cm³/mol. The lowest BCUT2D eigenvalue weighted by Gasteiger charge is -2.48. The van der Waals surface area contributed by atoms with Crippen molar-refractivity contribution >= 4 is 23.6 Å². The molecule has 1 saturated heterocycles. The molecular formula is C31H50ClN5O3. The highest BCUT2D eigenvalue weighted by Crippen LogP contribution is 2.47.